The van der Waals surface area contributed by atoms with Gasteiger partial charge < -0.3 is 14.4 Å². The minimum atomic E-state index is -3.81. The van der Waals surface area contributed by atoms with Gasteiger partial charge in [-0.15, -0.1) is 0 Å². The lowest BCUT2D eigenvalue weighted by molar-refractivity contribution is -0.125. The predicted octanol–water partition coefficient (Wildman–Crippen LogP) is 1.64. The summed E-state index contributed by atoms with van der Waals surface area (Å²) in [6, 6.07) is 11.9. The van der Waals surface area contributed by atoms with Crippen molar-refractivity contribution in [3.05, 3.63) is 54.1 Å². The van der Waals surface area contributed by atoms with Gasteiger partial charge in [-0.2, -0.15) is 0 Å². The highest BCUT2D eigenvalue weighted by molar-refractivity contribution is 7.92. The number of sulfonamides is 1. The molecule has 2 aromatic carbocycles. The number of carbonyl (C=O) groups is 2. The summed E-state index contributed by atoms with van der Waals surface area (Å²) in [4.78, 5) is 24.9. The van der Waals surface area contributed by atoms with Gasteiger partial charge in [-0.25, -0.2) is 13.2 Å². The fourth-order valence-corrected chi connectivity index (χ4v) is 3.66. The molecule has 0 aliphatic carbocycles. The van der Waals surface area contributed by atoms with Crippen molar-refractivity contribution in [3.8, 4) is 0 Å². The number of benzene rings is 2. The Bertz CT molecular complexity index is 939. The molecule has 142 valence electrons. The van der Waals surface area contributed by atoms with Gasteiger partial charge in [0.1, 0.15) is 6.61 Å². The summed E-state index contributed by atoms with van der Waals surface area (Å²) < 4.78 is 37.2. The van der Waals surface area contributed by atoms with Crippen molar-refractivity contribution in [2.24, 2.45) is 0 Å². The average molecular weight is 390 g/mol. The second kappa shape index (κ2) is 7.77. The lowest BCUT2D eigenvalue weighted by Crippen LogP contribution is -2.41. The molecule has 1 fully saturated rings. The first-order valence-electron chi connectivity index (χ1n) is 8.10. The molecule has 0 saturated carbocycles. The number of amides is 1. The Morgan fingerprint density at radius 2 is 1.78 bits per heavy atom. The van der Waals surface area contributed by atoms with Crippen LogP contribution >= 0.6 is 0 Å². The molecule has 8 nitrogen and oxygen atoms in total. The minimum Gasteiger partial charge on any atom is -0.465 e. The summed E-state index contributed by atoms with van der Waals surface area (Å²) in [6.07, 6.45) is 0. The van der Waals surface area contributed by atoms with Crippen molar-refractivity contribution >= 4 is 33.3 Å². The number of nitrogens with zero attached hydrogens (tertiary/aromatic N) is 1. The zero-order chi connectivity index (χ0) is 19.4. The van der Waals surface area contributed by atoms with Crippen LogP contribution < -0.4 is 9.62 Å². The van der Waals surface area contributed by atoms with E-state index in [1.807, 2.05) is 0 Å². The molecule has 1 N–H and O–H groups in total. The van der Waals surface area contributed by atoms with Gasteiger partial charge in [0.25, 0.3) is 15.9 Å². The second-order valence-electron chi connectivity index (χ2n) is 5.77. The highest BCUT2D eigenvalue weighted by atomic mass is 32.2. The quantitative estimate of drug-likeness (QED) is 0.779. The number of methoxy groups -OCH3 is 1. The Labute approximate surface area is 156 Å². The number of hydrogen-bond donors (Lipinski definition) is 1. The topological polar surface area (TPSA) is 102 Å². The maximum Gasteiger partial charge on any atom is 0.337 e. The zero-order valence-corrected chi connectivity index (χ0v) is 15.4. The van der Waals surface area contributed by atoms with Crippen LogP contribution in [0.15, 0.2) is 53.4 Å². The highest BCUT2D eigenvalue weighted by Gasteiger charge is 2.21. The number of carbonyl (C=O) groups excluding carboxylic acids is 2. The number of ether oxygens (including phenoxy) is 2. The van der Waals surface area contributed by atoms with Crippen LogP contribution in [0.1, 0.15) is 10.4 Å². The third-order valence-corrected chi connectivity index (χ3v) is 5.40. The normalized spacial score (nSPS) is 14.7. The SMILES string of the molecule is COC(=O)c1ccc(NS(=O)(=O)c2ccc(N3CCOCC3=O)cc2)cc1. The first-order valence-corrected chi connectivity index (χ1v) is 9.58. The van der Waals surface area contributed by atoms with E-state index in [2.05, 4.69) is 9.46 Å². The highest BCUT2D eigenvalue weighted by Crippen LogP contribution is 2.22. The Hall–Kier alpha value is -2.91. The monoisotopic (exact) mass is 390 g/mol. The number of hydrogen-bond acceptors (Lipinski definition) is 6. The maximum atomic E-state index is 12.5. The Kier molecular flexibility index (Phi) is 5.43. The van der Waals surface area contributed by atoms with E-state index in [9.17, 15) is 18.0 Å². The third-order valence-electron chi connectivity index (χ3n) is 4.00. The fraction of sp³-hybridized carbons (Fsp3) is 0.222. The average Bonchev–Trinajstić information content (AvgIpc) is 2.68. The van der Waals surface area contributed by atoms with Crippen LogP contribution in [0, 0.1) is 0 Å². The molecule has 0 bridgehead atoms. The van der Waals surface area contributed by atoms with E-state index in [1.165, 1.54) is 43.5 Å². The molecule has 0 spiro atoms. The van der Waals surface area contributed by atoms with Gasteiger partial charge in [0.15, 0.2) is 0 Å². The van der Waals surface area contributed by atoms with E-state index in [0.29, 0.717) is 30.1 Å². The lowest BCUT2D eigenvalue weighted by Gasteiger charge is -2.26. The molecular formula is C18H18N2O6S. The lowest BCUT2D eigenvalue weighted by atomic mass is 10.2. The summed E-state index contributed by atoms with van der Waals surface area (Å²) in [7, 11) is -2.54. The maximum absolute atomic E-state index is 12.5. The van der Waals surface area contributed by atoms with Crippen molar-refractivity contribution in [1.29, 1.82) is 0 Å². The molecule has 3 rings (SSSR count). The van der Waals surface area contributed by atoms with E-state index in [1.54, 1.807) is 17.0 Å². The zero-order valence-electron chi connectivity index (χ0n) is 14.5. The van der Waals surface area contributed by atoms with Crippen LogP contribution in [0.25, 0.3) is 0 Å². The van der Waals surface area contributed by atoms with E-state index in [0.717, 1.165) is 0 Å². The Morgan fingerprint density at radius 3 is 2.37 bits per heavy atom. The molecule has 1 amide bonds. The number of esters is 1. The van der Waals surface area contributed by atoms with Crippen molar-refractivity contribution < 1.29 is 27.5 Å². The number of anilines is 2. The van der Waals surface area contributed by atoms with Crippen molar-refractivity contribution in [1.82, 2.24) is 0 Å². The van der Waals surface area contributed by atoms with Crippen LogP contribution in [-0.4, -0.2) is 47.2 Å². The first kappa shape index (κ1) is 18.9. The summed E-state index contributed by atoms with van der Waals surface area (Å²) in [5.41, 5.74) is 1.25. The molecule has 27 heavy (non-hydrogen) atoms. The number of morpholine rings is 1. The predicted molar refractivity (Wildman–Crippen MR) is 98.2 cm³/mol. The van der Waals surface area contributed by atoms with Gasteiger partial charge >= 0.3 is 5.97 Å². The third kappa shape index (κ3) is 4.26. The Balaban J connectivity index is 1.74. The largest absolute Gasteiger partial charge is 0.465 e. The molecule has 9 heteroatoms. The minimum absolute atomic E-state index is 0.0170. The molecule has 0 radical (unpaired) electrons. The van der Waals surface area contributed by atoms with Gasteiger partial charge in [-0.3, -0.25) is 9.52 Å². The molecule has 0 atom stereocenters. The summed E-state index contributed by atoms with van der Waals surface area (Å²) >= 11 is 0. The van der Waals surface area contributed by atoms with E-state index in [4.69, 9.17) is 4.74 Å². The van der Waals surface area contributed by atoms with Gasteiger partial charge in [0.2, 0.25) is 0 Å². The second-order valence-corrected chi connectivity index (χ2v) is 7.45. The summed E-state index contributed by atoms with van der Waals surface area (Å²) in [5, 5.41) is 0. The Morgan fingerprint density at radius 1 is 1.11 bits per heavy atom. The summed E-state index contributed by atoms with van der Waals surface area (Å²) in [6.45, 7) is 0.883. The summed E-state index contributed by atoms with van der Waals surface area (Å²) in [5.74, 6) is -0.668. The first-order chi connectivity index (χ1) is 12.9. The van der Waals surface area contributed by atoms with Crippen LogP contribution in [0.3, 0.4) is 0 Å². The molecule has 1 heterocycles. The van der Waals surface area contributed by atoms with Crippen molar-refractivity contribution in [3.63, 3.8) is 0 Å². The molecule has 1 aliphatic heterocycles. The van der Waals surface area contributed by atoms with Crippen LogP contribution in [0.4, 0.5) is 11.4 Å². The molecule has 1 saturated heterocycles. The molecule has 2 aromatic rings. The standard InChI is InChI=1S/C18H18N2O6S/c1-25-18(22)13-2-4-14(5-3-13)19-27(23,24)16-8-6-15(7-9-16)20-10-11-26-12-17(20)21/h2-9,19H,10-12H2,1H3. The van der Waals surface area contributed by atoms with Crippen LogP contribution in [0.2, 0.25) is 0 Å². The molecular weight excluding hydrogens is 372 g/mol. The fourth-order valence-electron chi connectivity index (χ4n) is 2.60. The number of rotatable bonds is 5. The van der Waals surface area contributed by atoms with E-state index < -0.39 is 16.0 Å². The van der Waals surface area contributed by atoms with Crippen molar-refractivity contribution in [2.75, 3.05) is 36.5 Å². The van der Waals surface area contributed by atoms with Gasteiger partial charge in [-0.05, 0) is 48.5 Å². The molecule has 0 aromatic heterocycles. The van der Waals surface area contributed by atoms with Crippen LogP contribution in [-0.2, 0) is 24.3 Å². The van der Waals surface area contributed by atoms with E-state index in [-0.39, 0.29) is 17.4 Å². The van der Waals surface area contributed by atoms with E-state index >= 15 is 0 Å². The van der Waals surface area contributed by atoms with Gasteiger partial charge in [0.05, 0.1) is 24.2 Å². The smallest absolute Gasteiger partial charge is 0.337 e. The van der Waals surface area contributed by atoms with Gasteiger partial charge in [-0.1, -0.05) is 0 Å². The van der Waals surface area contributed by atoms with Gasteiger partial charge in [0, 0.05) is 17.9 Å². The molecule has 1 aliphatic rings. The van der Waals surface area contributed by atoms with Crippen molar-refractivity contribution in [2.45, 2.75) is 4.90 Å². The van der Waals surface area contributed by atoms with Crippen LogP contribution in [0.5, 0.6) is 0 Å². The molecule has 0 unspecified atom stereocenters. The number of nitrogens with one attached hydrogen (secondary N) is 1.